The number of nitriles is 1. The van der Waals surface area contributed by atoms with Crippen molar-refractivity contribution in [2.24, 2.45) is 0 Å². The number of rotatable bonds is 5. The second-order valence-electron chi connectivity index (χ2n) is 3.36. The zero-order chi connectivity index (χ0) is 10.4. The molecule has 1 rings (SSSR count). The van der Waals surface area contributed by atoms with E-state index in [1.54, 1.807) is 11.3 Å². The molecule has 0 spiro atoms. The molecule has 0 radical (unpaired) electrons. The second kappa shape index (κ2) is 5.74. The minimum absolute atomic E-state index is 0.639. The lowest BCUT2D eigenvalue weighted by atomic mass is 10.3. The van der Waals surface area contributed by atoms with E-state index in [9.17, 15) is 0 Å². The smallest absolute Gasteiger partial charge is 0.0897 e. The molecule has 0 amide bonds. The molecule has 0 N–H and O–H groups in total. The molecule has 1 aromatic rings. The summed E-state index contributed by atoms with van der Waals surface area (Å²) in [7, 11) is 2.06. The first kappa shape index (κ1) is 11.2. The maximum atomic E-state index is 8.39. The van der Waals surface area contributed by atoms with E-state index in [2.05, 4.69) is 28.4 Å². The highest BCUT2D eigenvalue weighted by Crippen LogP contribution is 2.09. The Balaban J connectivity index is 2.27. The van der Waals surface area contributed by atoms with Gasteiger partial charge in [0, 0.05) is 18.3 Å². The van der Waals surface area contributed by atoms with Gasteiger partial charge in [0.2, 0.25) is 0 Å². The fourth-order valence-corrected chi connectivity index (χ4v) is 1.87. The molecule has 0 saturated heterocycles. The highest BCUT2D eigenvalue weighted by molar-refractivity contribution is 7.09. The Morgan fingerprint density at radius 3 is 3.00 bits per heavy atom. The Morgan fingerprint density at radius 1 is 1.64 bits per heavy atom. The molecule has 4 heteroatoms. The van der Waals surface area contributed by atoms with Gasteiger partial charge in [-0.15, -0.1) is 11.3 Å². The summed E-state index contributed by atoms with van der Waals surface area (Å²) < 4.78 is 0. The van der Waals surface area contributed by atoms with E-state index >= 15 is 0 Å². The van der Waals surface area contributed by atoms with Crippen molar-refractivity contribution in [3.05, 3.63) is 16.1 Å². The maximum Gasteiger partial charge on any atom is 0.0897 e. The van der Waals surface area contributed by atoms with E-state index in [4.69, 9.17) is 5.26 Å². The number of aromatic nitrogens is 1. The lowest BCUT2D eigenvalue weighted by molar-refractivity contribution is 0.320. The summed E-state index contributed by atoms with van der Waals surface area (Å²) >= 11 is 1.68. The zero-order valence-corrected chi connectivity index (χ0v) is 9.47. The van der Waals surface area contributed by atoms with Crippen LogP contribution in [0.1, 0.15) is 23.5 Å². The SMILES string of the molecule is Cc1nc(CN(C)CCCC#N)cs1. The lowest BCUT2D eigenvalue weighted by Gasteiger charge is -2.13. The van der Waals surface area contributed by atoms with E-state index in [-0.39, 0.29) is 0 Å². The van der Waals surface area contributed by atoms with Crippen molar-refractivity contribution in [2.45, 2.75) is 26.3 Å². The monoisotopic (exact) mass is 209 g/mol. The van der Waals surface area contributed by atoms with Crippen LogP contribution < -0.4 is 0 Å². The van der Waals surface area contributed by atoms with Crippen LogP contribution in [-0.4, -0.2) is 23.5 Å². The molecule has 0 bridgehead atoms. The number of hydrogen-bond donors (Lipinski definition) is 0. The third-order valence-electron chi connectivity index (χ3n) is 1.93. The largest absolute Gasteiger partial charge is 0.300 e. The minimum Gasteiger partial charge on any atom is -0.300 e. The summed E-state index contributed by atoms with van der Waals surface area (Å²) in [6.45, 7) is 3.86. The van der Waals surface area contributed by atoms with Crippen molar-refractivity contribution in [2.75, 3.05) is 13.6 Å². The minimum atomic E-state index is 0.639. The second-order valence-corrected chi connectivity index (χ2v) is 4.42. The third-order valence-corrected chi connectivity index (χ3v) is 2.75. The van der Waals surface area contributed by atoms with Crippen molar-refractivity contribution in [3.63, 3.8) is 0 Å². The quantitative estimate of drug-likeness (QED) is 0.698. The number of aryl methyl sites for hydroxylation is 1. The molecule has 3 nitrogen and oxygen atoms in total. The molecule has 0 saturated carbocycles. The Morgan fingerprint density at radius 2 is 2.43 bits per heavy atom. The molecule has 76 valence electrons. The summed E-state index contributed by atoms with van der Waals surface area (Å²) in [5.74, 6) is 0. The van der Waals surface area contributed by atoms with Gasteiger partial charge in [-0.1, -0.05) is 0 Å². The average molecular weight is 209 g/mol. The standard InChI is InChI=1S/C10H15N3S/c1-9-12-10(8-14-9)7-13(2)6-4-3-5-11/h8H,3-4,6-7H2,1-2H3. The van der Waals surface area contributed by atoms with E-state index in [1.165, 1.54) is 0 Å². The first-order chi connectivity index (χ1) is 6.72. The summed E-state index contributed by atoms with van der Waals surface area (Å²) in [5.41, 5.74) is 1.13. The van der Waals surface area contributed by atoms with Crippen molar-refractivity contribution in [1.82, 2.24) is 9.88 Å². The van der Waals surface area contributed by atoms with Crippen LogP contribution in [0.15, 0.2) is 5.38 Å². The molecule has 14 heavy (non-hydrogen) atoms. The topological polar surface area (TPSA) is 39.9 Å². The molecule has 0 aromatic carbocycles. The zero-order valence-electron chi connectivity index (χ0n) is 8.66. The van der Waals surface area contributed by atoms with E-state index in [0.29, 0.717) is 6.42 Å². The number of nitrogens with zero attached hydrogens (tertiary/aromatic N) is 3. The van der Waals surface area contributed by atoms with Crippen LogP contribution in [0.4, 0.5) is 0 Å². The number of unbranched alkanes of at least 4 members (excludes halogenated alkanes) is 1. The Kier molecular flexibility index (Phi) is 4.57. The van der Waals surface area contributed by atoms with Gasteiger partial charge in [-0.05, 0) is 26.9 Å². The van der Waals surface area contributed by atoms with Crippen molar-refractivity contribution >= 4 is 11.3 Å². The van der Waals surface area contributed by atoms with Crippen LogP contribution in [0.2, 0.25) is 0 Å². The van der Waals surface area contributed by atoms with Crippen molar-refractivity contribution in [1.29, 1.82) is 5.26 Å². The van der Waals surface area contributed by atoms with Gasteiger partial charge >= 0.3 is 0 Å². The Labute approximate surface area is 89.0 Å². The van der Waals surface area contributed by atoms with Gasteiger partial charge in [-0.2, -0.15) is 5.26 Å². The van der Waals surface area contributed by atoms with Crippen LogP contribution in [0.5, 0.6) is 0 Å². The maximum absolute atomic E-state index is 8.39. The molecule has 1 aromatic heterocycles. The molecular weight excluding hydrogens is 194 g/mol. The van der Waals surface area contributed by atoms with E-state index in [1.807, 2.05) is 6.92 Å². The van der Waals surface area contributed by atoms with E-state index < -0.39 is 0 Å². The van der Waals surface area contributed by atoms with Gasteiger partial charge in [0.1, 0.15) is 0 Å². The van der Waals surface area contributed by atoms with Gasteiger partial charge < -0.3 is 4.90 Å². The van der Waals surface area contributed by atoms with Crippen LogP contribution in [-0.2, 0) is 6.54 Å². The predicted octanol–water partition coefficient (Wildman–Crippen LogP) is 2.19. The average Bonchev–Trinajstić information content (AvgIpc) is 2.52. The van der Waals surface area contributed by atoms with Gasteiger partial charge in [0.25, 0.3) is 0 Å². The van der Waals surface area contributed by atoms with Gasteiger partial charge in [0.05, 0.1) is 16.8 Å². The number of thiazole rings is 1. The van der Waals surface area contributed by atoms with Crippen LogP contribution in [0, 0.1) is 18.3 Å². The molecule has 1 heterocycles. The summed E-state index contributed by atoms with van der Waals surface area (Å²) in [6, 6.07) is 2.15. The van der Waals surface area contributed by atoms with E-state index in [0.717, 1.165) is 30.2 Å². The molecule has 0 unspecified atom stereocenters. The van der Waals surface area contributed by atoms with Gasteiger partial charge in [-0.3, -0.25) is 0 Å². The highest BCUT2D eigenvalue weighted by atomic mass is 32.1. The van der Waals surface area contributed by atoms with Crippen molar-refractivity contribution < 1.29 is 0 Å². The van der Waals surface area contributed by atoms with Crippen molar-refractivity contribution in [3.8, 4) is 6.07 Å². The first-order valence-corrected chi connectivity index (χ1v) is 5.57. The normalized spacial score (nSPS) is 10.4. The highest BCUT2D eigenvalue weighted by Gasteiger charge is 2.02. The Hall–Kier alpha value is -0.920. The predicted molar refractivity (Wildman–Crippen MR) is 58.0 cm³/mol. The summed E-state index contributed by atoms with van der Waals surface area (Å²) in [6.07, 6.45) is 1.58. The van der Waals surface area contributed by atoms with Crippen LogP contribution >= 0.6 is 11.3 Å². The van der Waals surface area contributed by atoms with Crippen LogP contribution in [0.3, 0.4) is 0 Å². The molecule has 0 aliphatic rings. The molecule has 0 atom stereocenters. The third kappa shape index (κ3) is 3.86. The first-order valence-electron chi connectivity index (χ1n) is 4.69. The number of hydrogen-bond acceptors (Lipinski definition) is 4. The lowest BCUT2D eigenvalue weighted by Crippen LogP contribution is -2.19. The summed E-state index contributed by atoms with van der Waals surface area (Å²) in [5, 5.41) is 11.6. The van der Waals surface area contributed by atoms with Crippen LogP contribution in [0.25, 0.3) is 0 Å². The molecule has 0 aliphatic heterocycles. The molecule has 0 fully saturated rings. The fourth-order valence-electron chi connectivity index (χ4n) is 1.26. The fraction of sp³-hybridized carbons (Fsp3) is 0.600. The summed E-state index contributed by atoms with van der Waals surface area (Å²) in [4.78, 5) is 6.59. The van der Waals surface area contributed by atoms with Gasteiger partial charge in [0.15, 0.2) is 0 Å². The molecular formula is C10H15N3S. The Bertz CT molecular complexity index is 313. The van der Waals surface area contributed by atoms with Gasteiger partial charge in [-0.25, -0.2) is 4.98 Å². The molecule has 0 aliphatic carbocycles.